The maximum absolute atomic E-state index is 12.9. The smallest absolute Gasteiger partial charge is 0.306 e. The number of unbranched alkanes of at least 4 members (excludes halogenated alkanes) is 30. The van der Waals surface area contributed by atoms with E-state index in [2.05, 4.69) is 118 Å². The topological polar surface area (TPSA) is 78.9 Å². The molecule has 0 radical (unpaired) electrons. The first kappa shape index (κ1) is 71.3. The summed E-state index contributed by atoms with van der Waals surface area (Å²) < 4.78 is 16.9. The van der Waals surface area contributed by atoms with Crippen molar-refractivity contribution >= 4 is 17.9 Å². The highest BCUT2D eigenvalue weighted by atomic mass is 16.6. The first-order valence-electron chi connectivity index (χ1n) is 31.7. The highest BCUT2D eigenvalue weighted by molar-refractivity contribution is 5.71. The number of carbonyl (C=O) groups is 3. The summed E-state index contributed by atoms with van der Waals surface area (Å²) in [7, 11) is 0. The minimum Gasteiger partial charge on any atom is -0.462 e. The van der Waals surface area contributed by atoms with Crippen LogP contribution in [0.1, 0.15) is 303 Å². The molecule has 0 aliphatic heterocycles. The van der Waals surface area contributed by atoms with Gasteiger partial charge >= 0.3 is 17.9 Å². The molecule has 0 aromatic carbocycles. The van der Waals surface area contributed by atoms with Gasteiger partial charge in [-0.2, -0.15) is 0 Å². The van der Waals surface area contributed by atoms with E-state index >= 15 is 0 Å². The van der Waals surface area contributed by atoms with Crippen molar-refractivity contribution in [3.05, 3.63) is 97.2 Å². The molecule has 0 aromatic heterocycles. The summed E-state index contributed by atoms with van der Waals surface area (Å²) in [5.74, 6) is -0.903. The van der Waals surface area contributed by atoms with Gasteiger partial charge in [-0.15, -0.1) is 0 Å². The number of esters is 3. The van der Waals surface area contributed by atoms with Crippen molar-refractivity contribution in [1.29, 1.82) is 0 Å². The Morgan fingerprint density at radius 2 is 0.520 bits per heavy atom. The number of rotatable bonds is 57. The first-order chi connectivity index (χ1) is 37.0. The van der Waals surface area contributed by atoms with Crippen molar-refractivity contribution < 1.29 is 28.6 Å². The third-order valence-corrected chi connectivity index (χ3v) is 13.6. The number of hydrogen-bond acceptors (Lipinski definition) is 6. The molecule has 0 aliphatic carbocycles. The van der Waals surface area contributed by atoms with Crippen LogP contribution in [0.5, 0.6) is 0 Å². The molecule has 1 unspecified atom stereocenters. The summed E-state index contributed by atoms with van der Waals surface area (Å²) in [6.07, 6.45) is 84.0. The lowest BCUT2D eigenvalue weighted by Crippen LogP contribution is -2.30. The number of carbonyl (C=O) groups excluding carboxylic acids is 3. The third-order valence-electron chi connectivity index (χ3n) is 13.6. The van der Waals surface area contributed by atoms with Gasteiger partial charge in [-0.05, 0) is 96.3 Å². The average molecular weight is 1040 g/mol. The predicted molar refractivity (Wildman–Crippen MR) is 325 cm³/mol. The summed E-state index contributed by atoms with van der Waals surface area (Å²) in [6, 6.07) is 0. The molecular formula is C69H118O6. The van der Waals surface area contributed by atoms with Crippen LogP contribution in [0, 0.1) is 0 Å². The molecule has 0 saturated carbocycles. The Labute approximate surface area is 464 Å². The second-order valence-corrected chi connectivity index (χ2v) is 20.9. The van der Waals surface area contributed by atoms with Gasteiger partial charge in [0.15, 0.2) is 6.10 Å². The van der Waals surface area contributed by atoms with Crippen LogP contribution in [0.3, 0.4) is 0 Å². The quantitative estimate of drug-likeness (QED) is 0.0261. The van der Waals surface area contributed by atoms with E-state index in [9.17, 15) is 14.4 Å². The fourth-order valence-corrected chi connectivity index (χ4v) is 8.90. The van der Waals surface area contributed by atoms with Gasteiger partial charge in [-0.25, -0.2) is 0 Å². The van der Waals surface area contributed by atoms with E-state index in [1.807, 2.05) is 0 Å². The van der Waals surface area contributed by atoms with Crippen molar-refractivity contribution in [2.75, 3.05) is 13.2 Å². The Balaban J connectivity index is 4.42. The Morgan fingerprint density at radius 3 is 0.813 bits per heavy atom. The second-order valence-electron chi connectivity index (χ2n) is 20.9. The van der Waals surface area contributed by atoms with E-state index in [4.69, 9.17) is 14.2 Å². The second kappa shape index (κ2) is 62.9. The summed E-state index contributed by atoms with van der Waals surface area (Å²) in [6.45, 7) is 6.43. The normalized spacial score (nSPS) is 12.7. The lowest BCUT2D eigenvalue weighted by Gasteiger charge is -2.18. The highest BCUT2D eigenvalue weighted by Gasteiger charge is 2.19. The van der Waals surface area contributed by atoms with Gasteiger partial charge in [0.05, 0.1) is 0 Å². The molecule has 0 aliphatic rings. The Bertz CT molecular complexity index is 1480. The van der Waals surface area contributed by atoms with Gasteiger partial charge in [0.2, 0.25) is 0 Å². The van der Waals surface area contributed by atoms with Crippen LogP contribution in [-0.2, 0) is 28.6 Å². The van der Waals surface area contributed by atoms with Crippen LogP contribution in [-0.4, -0.2) is 37.2 Å². The predicted octanol–water partition coefficient (Wildman–Crippen LogP) is 21.7. The van der Waals surface area contributed by atoms with Crippen molar-refractivity contribution in [3.8, 4) is 0 Å². The van der Waals surface area contributed by atoms with E-state index < -0.39 is 6.10 Å². The molecule has 6 nitrogen and oxygen atoms in total. The van der Waals surface area contributed by atoms with Crippen LogP contribution >= 0.6 is 0 Å². The molecule has 0 bridgehead atoms. The zero-order chi connectivity index (χ0) is 54.3. The van der Waals surface area contributed by atoms with Crippen LogP contribution in [0.25, 0.3) is 0 Å². The van der Waals surface area contributed by atoms with Crippen molar-refractivity contribution in [3.63, 3.8) is 0 Å². The molecule has 430 valence electrons. The lowest BCUT2D eigenvalue weighted by molar-refractivity contribution is -0.167. The summed E-state index contributed by atoms with van der Waals surface area (Å²) in [5.41, 5.74) is 0. The SMILES string of the molecule is CC/C=C\C/C=C\C/C=C\C/C=C\C/C=C\CCCCCCCC(=O)OCC(COC(=O)CCCCCCCCC/C=C\C/C=C\C/C=C\CC)OC(=O)CCCCCCCCCCCCCCCCCCCCC. The zero-order valence-corrected chi connectivity index (χ0v) is 49.3. The van der Waals surface area contributed by atoms with Crippen molar-refractivity contribution in [2.24, 2.45) is 0 Å². The van der Waals surface area contributed by atoms with Crippen molar-refractivity contribution in [2.45, 2.75) is 309 Å². The molecule has 1 atom stereocenters. The van der Waals surface area contributed by atoms with E-state index in [0.29, 0.717) is 19.3 Å². The molecule has 0 aromatic rings. The summed E-state index contributed by atoms with van der Waals surface area (Å²) in [5, 5.41) is 0. The number of ether oxygens (including phenoxy) is 3. The van der Waals surface area contributed by atoms with E-state index in [0.717, 1.165) is 135 Å². The van der Waals surface area contributed by atoms with Gasteiger partial charge in [-0.3, -0.25) is 14.4 Å². The maximum Gasteiger partial charge on any atom is 0.306 e. The fourth-order valence-electron chi connectivity index (χ4n) is 8.90. The third kappa shape index (κ3) is 61.1. The van der Waals surface area contributed by atoms with Crippen LogP contribution < -0.4 is 0 Å². The first-order valence-corrected chi connectivity index (χ1v) is 31.7. The van der Waals surface area contributed by atoms with Gasteiger partial charge in [-0.1, -0.05) is 285 Å². The minimum absolute atomic E-state index is 0.0873. The molecule has 0 fully saturated rings. The van der Waals surface area contributed by atoms with E-state index in [1.54, 1.807) is 0 Å². The number of hydrogen-bond donors (Lipinski definition) is 0. The van der Waals surface area contributed by atoms with E-state index in [1.165, 1.54) is 128 Å². The molecular weight excluding hydrogens is 925 g/mol. The lowest BCUT2D eigenvalue weighted by atomic mass is 10.0. The molecule has 0 spiro atoms. The average Bonchev–Trinajstić information content (AvgIpc) is 3.41. The standard InChI is InChI=1S/C69H118O6/c1-4-7-10-13-16-19-22-25-28-31-33-34-36-38-41-44-47-50-53-56-59-62-68(71)74-65-66(64-73-67(70)61-58-55-52-49-46-43-40-37-30-27-24-21-18-15-12-9-6-3)75-69(72)63-60-57-54-51-48-45-42-39-35-32-29-26-23-20-17-14-11-8-5-2/h7,9-10,12,16,18-19,21,25,27-28,30,33-34,38,41,66H,4-6,8,11,13-15,17,20,22-24,26,29,31-32,35-37,39-40,42-65H2,1-3H3/b10-7-,12-9-,19-16-,21-18-,28-25-,30-27-,34-33-,41-38-. The summed E-state index contributed by atoms with van der Waals surface area (Å²) >= 11 is 0. The molecule has 0 saturated heterocycles. The Morgan fingerprint density at radius 1 is 0.280 bits per heavy atom. The van der Waals surface area contributed by atoms with Crippen LogP contribution in [0.4, 0.5) is 0 Å². The monoisotopic (exact) mass is 1040 g/mol. The maximum atomic E-state index is 12.9. The van der Waals surface area contributed by atoms with Gasteiger partial charge in [0, 0.05) is 19.3 Å². The molecule has 0 amide bonds. The largest absolute Gasteiger partial charge is 0.462 e. The van der Waals surface area contributed by atoms with E-state index in [-0.39, 0.29) is 31.1 Å². The molecule has 0 heterocycles. The molecule has 6 heteroatoms. The minimum atomic E-state index is -0.791. The van der Waals surface area contributed by atoms with Gasteiger partial charge < -0.3 is 14.2 Å². The molecule has 75 heavy (non-hydrogen) atoms. The van der Waals surface area contributed by atoms with Crippen LogP contribution in [0.15, 0.2) is 97.2 Å². The van der Waals surface area contributed by atoms with Crippen molar-refractivity contribution in [1.82, 2.24) is 0 Å². The molecule has 0 N–H and O–H groups in total. The van der Waals surface area contributed by atoms with Gasteiger partial charge in [0.1, 0.15) is 13.2 Å². The number of allylic oxidation sites excluding steroid dienone is 16. The Hall–Kier alpha value is -3.67. The van der Waals surface area contributed by atoms with Crippen LogP contribution in [0.2, 0.25) is 0 Å². The summed E-state index contributed by atoms with van der Waals surface area (Å²) in [4.78, 5) is 38.3. The zero-order valence-electron chi connectivity index (χ0n) is 49.3. The molecule has 0 rings (SSSR count). The highest BCUT2D eigenvalue weighted by Crippen LogP contribution is 2.17. The fraction of sp³-hybridized carbons (Fsp3) is 0.725. The van der Waals surface area contributed by atoms with Gasteiger partial charge in [0.25, 0.3) is 0 Å². The Kier molecular flexibility index (Phi) is 59.8.